The Morgan fingerprint density at radius 1 is 1.16 bits per heavy atom. The molecule has 25 heavy (non-hydrogen) atoms. The number of amidine groups is 1. The number of carbonyl (C=O) groups is 1. The number of halogens is 1. The van der Waals surface area contributed by atoms with Gasteiger partial charge in [-0.15, -0.1) is 0 Å². The normalized spacial score (nSPS) is 17.2. The third kappa shape index (κ3) is 4.06. The highest BCUT2D eigenvalue weighted by Crippen LogP contribution is 2.30. The summed E-state index contributed by atoms with van der Waals surface area (Å²) in [4.78, 5) is 17.2. The predicted molar refractivity (Wildman–Crippen MR) is 105 cm³/mol. The van der Waals surface area contributed by atoms with Crippen molar-refractivity contribution in [3.05, 3.63) is 63.0 Å². The summed E-state index contributed by atoms with van der Waals surface area (Å²) in [6.45, 7) is 3.90. The molecule has 0 aromatic heterocycles. The topological polar surface area (TPSA) is 50.7 Å². The molecule has 6 heteroatoms. The van der Waals surface area contributed by atoms with Gasteiger partial charge in [0.2, 0.25) is 0 Å². The largest absolute Gasteiger partial charge is 0.496 e. The van der Waals surface area contributed by atoms with E-state index in [9.17, 15) is 4.79 Å². The lowest BCUT2D eigenvalue weighted by Crippen LogP contribution is -2.19. The minimum Gasteiger partial charge on any atom is -0.496 e. The van der Waals surface area contributed by atoms with Crippen LogP contribution < -0.4 is 10.1 Å². The number of hydrogen-bond acceptors (Lipinski definition) is 4. The molecule has 0 spiro atoms. The molecule has 1 aliphatic heterocycles. The van der Waals surface area contributed by atoms with Crippen LogP contribution in [0.1, 0.15) is 16.7 Å². The number of nitrogens with one attached hydrogen (secondary N) is 1. The Bertz CT molecular complexity index is 906. The first-order chi connectivity index (χ1) is 12.0. The number of aliphatic imine (C=N–C) groups is 1. The van der Waals surface area contributed by atoms with E-state index in [1.54, 1.807) is 13.2 Å². The summed E-state index contributed by atoms with van der Waals surface area (Å²) >= 11 is 7.43. The SMILES string of the molecule is COc1ccc(/C=C2\SC(=Nc3ccc(C)c(Cl)c3)NC2=O)cc1C. The fourth-order valence-corrected chi connectivity index (χ4v) is 3.41. The molecule has 2 aromatic carbocycles. The summed E-state index contributed by atoms with van der Waals surface area (Å²) in [5, 5.41) is 3.98. The lowest BCUT2D eigenvalue weighted by Gasteiger charge is -2.04. The molecule has 1 aliphatic rings. The minimum absolute atomic E-state index is 0.157. The van der Waals surface area contributed by atoms with Gasteiger partial charge in [0.25, 0.3) is 5.91 Å². The Morgan fingerprint density at radius 2 is 1.96 bits per heavy atom. The van der Waals surface area contributed by atoms with Gasteiger partial charge in [-0.2, -0.15) is 0 Å². The van der Waals surface area contributed by atoms with Gasteiger partial charge < -0.3 is 10.1 Å². The summed E-state index contributed by atoms with van der Waals surface area (Å²) in [5.41, 5.74) is 3.66. The third-order valence-corrected chi connectivity index (χ3v) is 5.07. The van der Waals surface area contributed by atoms with E-state index in [0.29, 0.717) is 20.8 Å². The molecule has 0 unspecified atom stereocenters. The molecule has 1 saturated heterocycles. The summed E-state index contributed by atoms with van der Waals surface area (Å²) in [5.74, 6) is 0.666. The molecule has 0 bridgehead atoms. The number of methoxy groups -OCH3 is 1. The van der Waals surface area contributed by atoms with Gasteiger partial charge in [0.05, 0.1) is 17.7 Å². The molecule has 0 aliphatic carbocycles. The van der Waals surface area contributed by atoms with Gasteiger partial charge in [-0.05, 0) is 72.6 Å². The molecule has 1 N–H and O–H groups in total. The van der Waals surface area contributed by atoms with E-state index in [1.165, 1.54) is 11.8 Å². The molecule has 0 radical (unpaired) electrons. The second kappa shape index (κ2) is 7.33. The van der Waals surface area contributed by atoms with Gasteiger partial charge in [-0.25, -0.2) is 4.99 Å². The van der Waals surface area contributed by atoms with E-state index in [-0.39, 0.29) is 5.91 Å². The van der Waals surface area contributed by atoms with Crippen LogP contribution >= 0.6 is 23.4 Å². The number of benzene rings is 2. The Hall–Kier alpha value is -2.24. The van der Waals surface area contributed by atoms with Crippen LogP contribution in [0.25, 0.3) is 6.08 Å². The van der Waals surface area contributed by atoms with Crippen molar-refractivity contribution in [3.8, 4) is 5.75 Å². The number of aryl methyl sites for hydroxylation is 2. The van der Waals surface area contributed by atoms with Crippen molar-refractivity contribution in [2.75, 3.05) is 7.11 Å². The lowest BCUT2D eigenvalue weighted by molar-refractivity contribution is -0.115. The highest BCUT2D eigenvalue weighted by atomic mass is 35.5. The zero-order chi connectivity index (χ0) is 18.0. The highest BCUT2D eigenvalue weighted by Gasteiger charge is 2.23. The standard InChI is InChI=1S/C19H17ClN2O2S/c1-11-4-6-14(10-15(11)20)21-19-22-18(23)17(25-19)9-13-5-7-16(24-3)12(2)8-13/h4-10H,1-3H3,(H,21,22,23)/b17-9-. The predicted octanol–water partition coefficient (Wildman–Crippen LogP) is 4.86. The van der Waals surface area contributed by atoms with E-state index >= 15 is 0 Å². The maximum Gasteiger partial charge on any atom is 0.264 e. The molecular weight excluding hydrogens is 356 g/mol. The van der Waals surface area contributed by atoms with Crippen LogP contribution in [0, 0.1) is 13.8 Å². The fourth-order valence-electron chi connectivity index (χ4n) is 2.39. The number of rotatable bonds is 3. The average Bonchev–Trinajstić information content (AvgIpc) is 2.90. The zero-order valence-corrected chi connectivity index (χ0v) is 15.7. The van der Waals surface area contributed by atoms with Gasteiger partial charge in [0, 0.05) is 5.02 Å². The zero-order valence-electron chi connectivity index (χ0n) is 14.1. The first-order valence-electron chi connectivity index (χ1n) is 7.66. The number of ether oxygens (including phenoxy) is 1. The van der Waals surface area contributed by atoms with Crippen molar-refractivity contribution in [2.24, 2.45) is 4.99 Å². The Kier molecular flexibility index (Phi) is 5.16. The number of thioether (sulfide) groups is 1. The van der Waals surface area contributed by atoms with Crippen LogP contribution in [0.2, 0.25) is 5.02 Å². The second-order valence-corrected chi connectivity index (χ2v) is 7.08. The maximum absolute atomic E-state index is 12.2. The van der Waals surface area contributed by atoms with Crippen molar-refractivity contribution in [2.45, 2.75) is 13.8 Å². The van der Waals surface area contributed by atoms with E-state index < -0.39 is 0 Å². The highest BCUT2D eigenvalue weighted by molar-refractivity contribution is 8.18. The van der Waals surface area contributed by atoms with Crippen molar-refractivity contribution >= 4 is 46.2 Å². The molecule has 1 amide bonds. The Morgan fingerprint density at radius 3 is 2.64 bits per heavy atom. The first kappa shape index (κ1) is 17.6. The monoisotopic (exact) mass is 372 g/mol. The molecule has 0 atom stereocenters. The van der Waals surface area contributed by atoms with Gasteiger partial charge >= 0.3 is 0 Å². The lowest BCUT2D eigenvalue weighted by atomic mass is 10.1. The van der Waals surface area contributed by atoms with Crippen molar-refractivity contribution in [1.82, 2.24) is 5.32 Å². The smallest absolute Gasteiger partial charge is 0.264 e. The summed E-state index contributed by atoms with van der Waals surface area (Å²) < 4.78 is 5.26. The van der Waals surface area contributed by atoms with Gasteiger partial charge in [-0.3, -0.25) is 4.79 Å². The van der Waals surface area contributed by atoms with Gasteiger partial charge in [0.1, 0.15) is 5.75 Å². The van der Waals surface area contributed by atoms with E-state index in [4.69, 9.17) is 16.3 Å². The first-order valence-corrected chi connectivity index (χ1v) is 8.86. The van der Waals surface area contributed by atoms with Crippen LogP contribution in [0.5, 0.6) is 5.75 Å². The average molecular weight is 373 g/mol. The van der Waals surface area contributed by atoms with Crippen LogP contribution in [0.4, 0.5) is 5.69 Å². The number of amides is 1. The molecule has 1 heterocycles. The number of hydrogen-bond donors (Lipinski definition) is 1. The maximum atomic E-state index is 12.2. The molecule has 1 fully saturated rings. The van der Waals surface area contributed by atoms with E-state index in [2.05, 4.69) is 10.3 Å². The fraction of sp³-hybridized carbons (Fsp3) is 0.158. The van der Waals surface area contributed by atoms with Crippen molar-refractivity contribution in [3.63, 3.8) is 0 Å². The Balaban J connectivity index is 1.83. The van der Waals surface area contributed by atoms with Gasteiger partial charge in [-0.1, -0.05) is 23.7 Å². The quantitative estimate of drug-likeness (QED) is 0.783. The van der Waals surface area contributed by atoms with Crippen molar-refractivity contribution in [1.29, 1.82) is 0 Å². The van der Waals surface area contributed by atoms with Crippen LogP contribution in [-0.2, 0) is 4.79 Å². The van der Waals surface area contributed by atoms with Crippen LogP contribution in [-0.4, -0.2) is 18.2 Å². The van der Waals surface area contributed by atoms with Crippen LogP contribution in [0.3, 0.4) is 0 Å². The van der Waals surface area contributed by atoms with E-state index in [0.717, 1.165) is 22.4 Å². The molecule has 128 valence electrons. The molecule has 0 saturated carbocycles. The molecule has 3 rings (SSSR count). The second-order valence-electron chi connectivity index (χ2n) is 5.64. The Labute approximate surface area is 155 Å². The van der Waals surface area contributed by atoms with Crippen molar-refractivity contribution < 1.29 is 9.53 Å². The number of carbonyl (C=O) groups excluding carboxylic acids is 1. The van der Waals surface area contributed by atoms with E-state index in [1.807, 2.05) is 50.3 Å². The minimum atomic E-state index is -0.157. The van der Waals surface area contributed by atoms with Gasteiger partial charge in [0.15, 0.2) is 5.17 Å². The molecular formula is C19H17ClN2O2S. The third-order valence-electron chi connectivity index (χ3n) is 3.75. The summed E-state index contributed by atoms with van der Waals surface area (Å²) in [6, 6.07) is 11.3. The molecule has 4 nitrogen and oxygen atoms in total. The number of nitrogens with zero attached hydrogens (tertiary/aromatic N) is 1. The summed E-state index contributed by atoms with van der Waals surface area (Å²) in [6.07, 6.45) is 1.84. The van der Waals surface area contributed by atoms with Crippen LogP contribution in [0.15, 0.2) is 46.3 Å². The molecule has 2 aromatic rings. The summed E-state index contributed by atoms with van der Waals surface area (Å²) in [7, 11) is 1.64.